The van der Waals surface area contributed by atoms with Gasteiger partial charge in [0.2, 0.25) is 23.6 Å². The Hall–Kier alpha value is -3.74. The molecule has 14 nitrogen and oxygen atoms in total. The minimum atomic E-state index is -1.13. The molecule has 0 aromatic heterocycles. The van der Waals surface area contributed by atoms with Gasteiger partial charge in [-0.3, -0.25) is 48.2 Å². The third-order valence-electron chi connectivity index (χ3n) is 10.1. The fourth-order valence-electron chi connectivity index (χ4n) is 7.12. The van der Waals surface area contributed by atoms with E-state index < -0.39 is 47.5 Å². The first-order chi connectivity index (χ1) is 26.1. The topological polar surface area (TPSA) is 191 Å². The Labute approximate surface area is 328 Å². The van der Waals surface area contributed by atoms with Gasteiger partial charge in [0.15, 0.2) is 0 Å². The summed E-state index contributed by atoms with van der Waals surface area (Å²) < 4.78 is 0. The van der Waals surface area contributed by atoms with E-state index in [9.17, 15) is 38.4 Å². The Bertz CT molecular complexity index is 1680. The molecule has 0 unspecified atom stereocenters. The van der Waals surface area contributed by atoms with E-state index in [1.165, 1.54) is 38.4 Å². The maximum absolute atomic E-state index is 14.1. The van der Waals surface area contributed by atoms with Crippen molar-refractivity contribution in [2.45, 2.75) is 50.6 Å². The van der Waals surface area contributed by atoms with Crippen molar-refractivity contribution in [3.8, 4) is 0 Å². The van der Waals surface area contributed by atoms with Crippen LogP contribution < -0.4 is 21.3 Å². The normalized spacial score (nSPS) is 18.3. The molecule has 4 heterocycles. The van der Waals surface area contributed by atoms with Crippen LogP contribution in [-0.4, -0.2) is 119 Å². The van der Waals surface area contributed by atoms with Crippen LogP contribution >= 0.6 is 43.2 Å². The van der Waals surface area contributed by atoms with E-state index in [2.05, 4.69) is 21.3 Å². The predicted octanol–water partition coefficient (Wildman–Crippen LogP) is 2.86. The van der Waals surface area contributed by atoms with E-state index in [1.54, 1.807) is 43.2 Å². The fraction of sp³-hybridized carbons (Fsp3) is 0.500. The molecular weight excluding hydrogens is 773 g/mol. The van der Waals surface area contributed by atoms with Gasteiger partial charge >= 0.3 is 0 Å². The summed E-state index contributed by atoms with van der Waals surface area (Å²) in [5.74, 6) is -0.950. The van der Waals surface area contributed by atoms with Gasteiger partial charge in [-0.2, -0.15) is 0 Å². The third kappa shape index (κ3) is 7.97. The molecule has 4 N–H and O–H groups in total. The predicted molar refractivity (Wildman–Crippen MR) is 211 cm³/mol. The molecule has 0 aliphatic carbocycles. The molecule has 0 radical (unpaired) electrons. The van der Waals surface area contributed by atoms with Gasteiger partial charge < -0.3 is 21.3 Å². The molecule has 0 saturated carbocycles. The Balaban J connectivity index is 1.18. The van der Waals surface area contributed by atoms with Crippen LogP contribution in [0.4, 0.5) is 0 Å². The van der Waals surface area contributed by atoms with E-state index in [4.69, 9.17) is 0 Å². The van der Waals surface area contributed by atoms with Gasteiger partial charge in [0.05, 0.1) is 11.8 Å². The lowest BCUT2D eigenvalue weighted by atomic mass is 9.84. The number of carbonyl (C=O) groups is 8. The summed E-state index contributed by atoms with van der Waals surface area (Å²) in [6.07, 6.45) is 2.29. The van der Waals surface area contributed by atoms with Crippen LogP contribution in [0.5, 0.6) is 0 Å². The second kappa shape index (κ2) is 17.8. The molecule has 54 heavy (non-hydrogen) atoms. The zero-order valence-corrected chi connectivity index (χ0v) is 33.2. The number of nitrogens with one attached hydrogen (secondary N) is 4. The number of rotatable bonds is 16. The van der Waals surface area contributed by atoms with Crippen molar-refractivity contribution in [3.63, 3.8) is 0 Å². The third-order valence-corrected chi connectivity index (χ3v) is 15.2. The number of amides is 8. The number of hydrogen-bond acceptors (Lipinski definition) is 12. The molecule has 2 aromatic rings. The average molecular weight is 815 g/mol. The van der Waals surface area contributed by atoms with Gasteiger partial charge in [-0.25, -0.2) is 0 Å². The first-order valence-corrected chi connectivity index (χ1v) is 22.9. The Morgan fingerprint density at radius 2 is 0.889 bits per heavy atom. The average Bonchev–Trinajstić information content (AvgIpc) is 3.93. The molecule has 2 fully saturated rings. The number of unbranched alkanes of at least 4 members (excludes halogenated alkanes) is 2. The van der Waals surface area contributed by atoms with Gasteiger partial charge in [0.25, 0.3) is 23.6 Å². The minimum Gasteiger partial charge on any atom is -0.357 e. The summed E-state index contributed by atoms with van der Waals surface area (Å²) in [6.45, 7) is 0.801. The summed E-state index contributed by atoms with van der Waals surface area (Å²) in [5.41, 5.74) is 0.305. The summed E-state index contributed by atoms with van der Waals surface area (Å²) in [5, 5.41) is 11.3. The zero-order chi connectivity index (χ0) is 38.5. The van der Waals surface area contributed by atoms with Crippen LogP contribution in [0.1, 0.15) is 80.0 Å². The Morgan fingerprint density at radius 3 is 1.19 bits per heavy atom. The highest BCUT2D eigenvalue weighted by atomic mass is 33.1. The molecule has 288 valence electrons. The summed E-state index contributed by atoms with van der Waals surface area (Å²) in [6, 6.07) is 3.43. The molecular formula is C36H42N6O8S4. The van der Waals surface area contributed by atoms with E-state index in [0.29, 0.717) is 38.8 Å². The van der Waals surface area contributed by atoms with Crippen molar-refractivity contribution in [2.75, 3.05) is 50.2 Å². The standard InChI is InChI=1S/C36H42N6O8S4/c1-37-31(45)25(7-3-5-13-39-29(43)19-15-51-52-16-19)41-33(47)21-9-11-23-28-24(12-10-22(27(21)28)34(41)48)36(50)42(35(23)49)26(32(46)38-2)8-4-6-14-40-30(44)20-17-53-54-18-20/h9-12,19-20,25-26H,3-8,13-18H2,1-2H3,(H,37,45)(H,38,46)(H,39,43)(H,40,44)/t25-,26-/m0/s1. The fourth-order valence-corrected chi connectivity index (χ4v) is 12.7. The van der Waals surface area contributed by atoms with Crippen LogP contribution in [0.15, 0.2) is 24.3 Å². The highest BCUT2D eigenvalue weighted by Crippen LogP contribution is 2.40. The number of carbonyl (C=O) groups excluding carboxylic acids is 8. The summed E-state index contributed by atoms with van der Waals surface area (Å²) >= 11 is 0. The summed E-state index contributed by atoms with van der Waals surface area (Å²) in [4.78, 5) is 109. The lowest BCUT2D eigenvalue weighted by Crippen LogP contribution is -2.54. The zero-order valence-electron chi connectivity index (χ0n) is 29.9. The van der Waals surface area contributed by atoms with Gasteiger partial charge in [0, 0.05) is 83.2 Å². The number of benzene rings is 2. The molecule has 2 saturated heterocycles. The molecule has 4 aliphatic rings. The van der Waals surface area contributed by atoms with Crippen molar-refractivity contribution < 1.29 is 38.4 Å². The molecule has 4 aliphatic heterocycles. The summed E-state index contributed by atoms with van der Waals surface area (Å²) in [7, 11) is 9.53. The quantitative estimate of drug-likeness (QED) is 0.110. The highest BCUT2D eigenvalue weighted by molar-refractivity contribution is 8.77. The van der Waals surface area contributed by atoms with Crippen molar-refractivity contribution in [3.05, 3.63) is 46.5 Å². The SMILES string of the molecule is CNC(=O)[C@H](CCCCNC(=O)C1CSSC1)N1C(=O)c2ccc3c4c(ccc(c24)C1=O)C(=O)N([C@@H](CCCCNC(=O)C1CSSC1)C(=O)NC)C3=O. The number of likely N-dealkylation sites (N-methyl/N-ethyl adjacent to an activating group) is 2. The van der Waals surface area contributed by atoms with Gasteiger partial charge in [0.1, 0.15) is 12.1 Å². The van der Waals surface area contributed by atoms with Crippen LogP contribution in [-0.2, 0) is 19.2 Å². The molecule has 8 amide bonds. The highest BCUT2D eigenvalue weighted by Gasteiger charge is 2.45. The molecule has 0 spiro atoms. The number of nitrogens with zero attached hydrogens (tertiary/aromatic N) is 2. The monoisotopic (exact) mass is 814 g/mol. The molecule has 2 aromatic carbocycles. The van der Waals surface area contributed by atoms with Crippen molar-refractivity contribution in [1.29, 1.82) is 0 Å². The lowest BCUT2D eigenvalue weighted by Gasteiger charge is -2.36. The van der Waals surface area contributed by atoms with E-state index >= 15 is 0 Å². The largest absolute Gasteiger partial charge is 0.357 e. The Morgan fingerprint density at radius 1 is 0.574 bits per heavy atom. The number of imide groups is 2. The van der Waals surface area contributed by atoms with E-state index in [0.717, 1.165) is 32.8 Å². The second-order valence-corrected chi connectivity index (χ2v) is 18.5. The van der Waals surface area contributed by atoms with Crippen LogP contribution in [0.2, 0.25) is 0 Å². The van der Waals surface area contributed by atoms with Crippen molar-refractivity contribution in [2.24, 2.45) is 11.8 Å². The lowest BCUT2D eigenvalue weighted by molar-refractivity contribution is -0.125. The van der Waals surface area contributed by atoms with Gasteiger partial charge in [-0.15, -0.1) is 0 Å². The van der Waals surface area contributed by atoms with Gasteiger partial charge in [-0.1, -0.05) is 43.2 Å². The molecule has 6 rings (SSSR count). The number of hydrogen-bond donors (Lipinski definition) is 4. The maximum atomic E-state index is 14.1. The Kier molecular flexibility index (Phi) is 13.2. The maximum Gasteiger partial charge on any atom is 0.262 e. The first kappa shape index (κ1) is 39.9. The van der Waals surface area contributed by atoms with E-state index in [-0.39, 0.29) is 69.5 Å². The van der Waals surface area contributed by atoms with Crippen molar-refractivity contribution >= 4 is 101 Å². The second-order valence-electron chi connectivity index (χ2n) is 13.4. The first-order valence-electron chi connectivity index (χ1n) is 17.9. The van der Waals surface area contributed by atoms with Crippen molar-refractivity contribution in [1.82, 2.24) is 31.1 Å². The van der Waals surface area contributed by atoms with Crippen LogP contribution in [0.3, 0.4) is 0 Å². The smallest absolute Gasteiger partial charge is 0.262 e. The molecule has 18 heteroatoms. The minimum absolute atomic E-state index is 0.00678. The van der Waals surface area contributed by atoms with Crippen LogP contribution in [0.25, 0.3) is 10.8 Å². The molecule has 0 bridgehead atoms. The van der Waals surface area contributed by atoms with Crippen LogP contribution in [0, 0.1) is 11.8 Å². The van der Waals surface area contributed by atoms with E-state index in [1.807, 2.05) is 0 Å². The molecule has 2 atom stereocenters. The van der Waals surface area contributed by atoms with Gasteiger partial charge in [-0.05, 0) is 62.8 Å².